The van der Waals surface area contributed by atoms with Crippen LogP contribution in [0, 0.1) is 6.92 Å². The number of aryl methyl sites for hydroxylation is 1. The van der Waals surface area contributed by atoms with Crippen LogP contribution in [0.15, 0.2) is 27.4 Å². The Morgan fingerprint density at radius 2 is 2.23 bits per heavy atom. The molecule has 0 saturated carbocycles. The van der Waals surface area contributed by atoms with Crippen LogP contribution < -0.4 is 5.63 Å². The summed E-state index contributed by atoms with van der Waals surface area (Å²) in [6.45, 7) is 1.88. The van der Waals surface area contributed by atoms with Gasteiger partial charge in [0.15, 0.2) is 5.58 Å². The molecule has 2 aromatic rings. The molecule has 2 rings (SSSR count). The van der Waals surface area contributed by atoms with E-state index in [1.807, 2.05) is 13.0 Å². The molecule has 0 saturated heterocycles. The van der Waals surface area contributed by atoms with Crippen molar-refractivity contribution in [2.45, 2.75) is 6.92 Å². The van der Waals surface area contributed by atoms with Crippen LogP contribution in [0.1, 0.15) is 5.56 Å². The number of aromatic nitrogens is 1. The van der Waals surface area contributed by atoms with Gasteiger partial charge in [0.2, 0.25) is 5.15 Å². The Hall–Kier alpha value is -1.35. The molecule has 0 unspecified atom stereocenters. The first kappa shape index (κ1) is 8.26. The molecule has 0 fully saturated rings. The van der Waals surface area contributed by atoms with Gasteiger partial charge in [-0.3, -0.25) is 0 Å². The number of fused-ring (bicyclic) bond motifs is 1. The molecular formula is C9H6ClNO2. The molecule has 0 atom stereocenters. The van der Waals surface area contributed by atoms with Crippen molar-refractivity contribution in [1.82, 2.24) is 4.98 Å². The predicted molar refractivity (Wildman–Crippen MR) is 50.0 cm³/mol. The van der Waals surface area contributed by atoms with Gasteiger partial charge in [-0.25, -0.2) is 9.78 Å². The minimum absolute atomic E-state index is 0.123. The van der Waals surface area contributed by atoms with E-state index in [1.165, 1.54) is 0 Å². The van der Waals surface area contributed by atoms with Crippen molar-refractivity contribution in [1.29, 1.82) is 0 Å². The number of halogens is 1. The van der Waals surface area contributed by atoms with Crippen LogP contribution in [-0.4, -0.2) is 4.98 Å². The summed E-state index contributed by atoms with van der Waals surface area (Å²) in [5.74, 6) is 0. The maximum Gasteiger partial charge on any atom is 0.374 e. The van der Waals surface area contributed by atoms with E-state index in [-0.39, 0.29) is 5.15 Å². The number of para-hydroxylation sites is 1. The molecule has 0 amide bonds. The standard InChI is InChI=1S/C9H6ClNO2/c1-5-3-2-4-6-7(5)11-8(10)9(12)13-6/h2-4H,1H3. The zero-order chi connectivity index (χ0) is 9.42. The molecule has 0 aliphatic rings. The molecule has 1 aromatic heterocycles. The molecule has 1 aromatic carbocycles. The van der Waals surface area contributed by atoms with Gasteiger partial charge < -0.3 is 4.42 Å². The van der Waals surface area contributed by atoms with Crippen molar-refractivity contribution in [2.75, 3.05) is 0 Å². The molecule has 0 bridgehead atoms. The topological polar surface area (TPSA) is 43.1 Å². The van der Waals surface area contributed by atoms with Gasteiger partial charge >= 0.3 is 5.63 Å². The number of benzene rings is 1. The molecule has 3 nitrogen and oxygen atoms in total. The zero-order valence-corrected chi connectivity index (χ0v) is 7.63. The fraction of sp³-hybridized carbons (Fsp3) is 0.111. The van der Waals surface area contributed by atoms with Crippen molar-refractivity contribution >= 4 is 22.7 Å². The van der Waals surface area contributed by atoms with E-state index in [0.717, 1.165) is 5.56 Å². The van der Waals surface area contributed by atoms with Gasteiger partial charge in [-0.2, -0.15) is 0 Å². The molecule has 1 heterocycles. The summed E-state index contributed by atoms with van der Waals surface area (Å²) in [7, 11) is 0. The smallest absolute Gasteiger partial charge is 0.374 e. The van der Waals surface area contributed by atoms with E-state index < -0.39 is 5.63 Å². The summed E-state index contributed by atoms with van der Waals surface area (Å²) in [6.07, 6.45) is 0. The van der Waals surface area contributed by atoms with Crippen molar-refractivity contribution in [2.24, 2.45) is 0 Å². The van der Waals surface area contributed by atoms with Crippen molar-refractivity contribution < 1.29 is 4.42 Å². The highest BCUT2D eigenvalue weighted by Crippen LogP contribution is 2.15. The average Bonchev–Trinajstić information content (AvgIpc) is 2.09. The van der Waals surface area contributed by atoms with E-state index in [1.54, 1.807) is 12.1 Å². The number of hydrogen-bond acceptors (Lipinski definition) is 3. The Morgan fingerprint density at radius 1 is 1.46 bits per heavy atom. The van der Waals surface area contributed by atoms with Crippen LogP contribution in [0.2, 0.25) is 5.15 Å². The SMILES string of the molecule is Cc1cccc2oc(=O)c(Cl)nc12. The van der Waals surface area contributed by atoms with Crippen LogP contribution in [0.25, 0.3) is 11.1 Å². The van der Waals surface area contributed by atoms with Crippen molar-refractivity contribution in [3.63, 3.8) is 0 Å². The van der Waals surface area contributed by atoms with Crippen LogP contribution in [0.4, 0.5) is 0 Å². The van der Waals surface area contributed by atoms with Crippen LogP contribution in [0.5, 0.6) is 0 Å². The highest BCUT2D eigenvalue weighted by molar-refractivity contribution is 6.29. The summed E-state index contributed by atoms with van der Waals surface area (Å²) in [5, 5.41) is -0.123. The molecule has 66 valence electrons. The molecule has 4 heteroatoms. The van der Waals surface area contributed by atoms with Gasteiger partial charge in [0.1, 0.15) is 5.52 Å². The van der Waals surface area contributed by atoms with Crippen LogP contribution in [-0.2, 0) is 0 Å². The Bertz CT molecular complexity index is 518. The number of nitrogens with zero attached hydrogens (tertiary/aromatic N) is 1. The monoisotopic (exact) mass is 195 g/mol. The first-order chi connectivity index (χ1) is 6.18. The lowest BCUT2D eigenvalue weighted by Crippen LogP contribution is -2.02. The van der Waals surface area contributed by atoms with Gasteiger partial charge in [0.25, 0.3) is 0 Å². The van der Waals surface area contributed by atoms with Crippen molar-refractivity contribution in [3.05, 3.63) is 39.3 Å². The predicted octanol–water partition coefficient (Wildman–Crippen LogP) is 2.15. The van der Waals surface area contributed by atoms with Crippen LogP contribution >= 0.6 is 11.6 Å². The summed E-state index contributed by atoms with van der Waals surface area (Å²) < 4.78 is 4.92. The largest absolute Gasteiger partial charge is 0.419 e. The van der Waals surface area contributed by atoms with Gasteiger partial charge in [0, 0.05) is 0 Å². The van der Waals surface area contributed by atoms with Gasteiger partial charge in [-0.05, 0) is 18.6 Å². The zero-order valence-electron chi connectivity index (χ0n) is 6.87. The summed E-state index contributed by atoms with van der Waals surface area (Å²) in [6, 6.07) is 5.37. The molecule has 0 N–H and O–H groups in total. The second-order valence-electron chi connectivity index (χ2n) is 2.71. The second-order valence-corrected chi connectivity index (χ2v) is 3.07. The third-order valence-corrected chi connectivity index (χ3v) is 2.02. The quantitative estimate of drug-likeness (QED) is 0.647. The fourth-order valence-corrected chi connectivity index (χ4v) is 1.27. The van der Waals surface area contributed by atoms with Gasteiger partial charge in [-0.1, -0.05) is 23.7 Å². The van der Waals surface area contributed by atoms with Gasteiger partial charge in [0.05, 0.1) is 0 Å². The Morgan fingerprint density at radius 3 is 3.00 bits per heavy atom. The van der Waals surface area contributed by atoms with E-state index >= 15 is 0 Å². The van der Waals surface area contributed by atoms with E-state index in [2.05, 4.69) is 4.98 Å². The lowest BCUT2D eigenvalue weighted by Gasteiger charge is -1.98. The summed E-state index contributed by atoms with van der Waals surface area (Å²) >= 11 is 5.54. The van der Waals surface area contributed by atoms with Gasteiger partial charge in [-0.15, -0.1) is 0 Å². The fourth-order valence-electron chi connectivity index (χ4n) is 1.14. The minimum atomic E-state index is -0.597. The normalized spacial score (nSPS) is 10.6. The molecule has 0 spiro atoms. The van der Waals surface area contributed by atoms with E-state index in [0.29, 0.717) is 11.1 Å². The van der Waals surface area contributed by atoms with E-state index in [9.17, 15) is 4.79 Å². The Kier molecular flexibility index (Phi) is 1.81. The minimum Gasteiger partial charge on any atom is -0.419 e. The second kappa shape index (κ2) is 2.85. The molecule has 13 heavy (non-hydrogen) atoms. The van der Waals surface area contributed by atoms with Crippen LogP contribution in [0.3, 0.4) is 0 Å². The third-order valence-electron chi connectivity index (χ3n) is 1.78. The molecule has 0 aliphatic heterocycles. The number of rotatable bonds is 0. The highest BCUT2D eigenvalue weighted by Gasteiger charge is 2.05. The maximum absolute atomic E-state index is 11.0. The summed E-state index contributed by atoms with van der Waals surface area (Å²) in [4.78, 5) is 14.9. The summed E-state index contributed by atoms with van der Waals surface area (Å²) in [5.41, 5.74) is 1.43. The molecule has 0 aliphatic carbocycles. The molecule has 0 radical (unpaired) electrons. The first-order valence-electron chi connectivity index (χ1n) is 3.74. The lowest BCUT2D eigenvalue weighted by molar-refractivity contribution is 0.555. The average molecular weight is 196 g/mol. The molecular weight excluding hydrogens is 190 g/mol. The lowest BCUT2D eigenvalue weighted by atomic mass is 10.2. The van der Waals surface area contributed by atoms with E-state index in [4.69, 9.17) is 16.0 Å². The van der Waals surface area contributed by atoms with Crippen molar-refractivity contribution in [3.8, 4) is 0 Å². The Labute approximate surface area is 79.0 Å². The number of hydrogen-bond donors (Lipinski definition) is 0. The maximum atomic E-state index is 11.0. The Balaban J connectivity index is 2.97. The highest BCUT2D eigenvalue weighted by atomic mass is 35.5. The first-order valence-corrected chi connectivity index (χ1v) is 4.12. The third kappa shape index (κ3) is 1.31.